The molecule has 94 valence electrons. The number of carboxylic acids is 1. The maximum absolute atomic E-state index is 10.7. The van der Waals surface area contributed by atoms with E-state index in [1.165, 1.54) is 38.5 Å². The average Bonchev–Trinajstić information content (AvgIpc) is 2.70. The van der Waals surface area contributed by atoms with Gasteiger partial charge in [0.15, 0.2) is 0 Å². The first kappa shape index (κ1) is 13.5. The molecule has 0 aromatic rings. The van der Waals surface area contributed by atoms with Crippen LogP contribution in [0.3, 0.4) is 0 Å². The third-order valence-electron chi connectivity index (χ3n) is 3.63. The van der Waals surface area contributed by atoms with Crippen molar-refractivity contribution in [2.75, 3.05) is 20.1 Å². The minimum atomic E-state index is -0.692. The van der Waals surface area contributed by atoms with Gasteiger partial charge in [0.2, 0.25) is 0 Å². The fourth-order valence-corrected chi connectivity index (χ4v) is 2.59. The second-order valence-corrected chi connectivity index (χ2v) is 5.29. The Labute approximate surface area is 98.8 Å². The largest absolute Gasteiger partial charge is 0.481 e. The zero-order chi connectivity index (χ0) is 12.0. The topological polar surface area (TPSA) is 40.5 Å². The third kappa shape index (κ3) is 4.97. The summed E-state index contributed by atoms with van der Waals surface area (Å²) in [5.41, 5.74) is 0. The highest BCUT2D eigenvalue weighted by Gasteiger charge is 2.16. The number of aliphatic carboxylic acids is 1. The highest BCUT2D eigenvalue weighted by atomic mass is 16.4. The lowest BCUT2D eigenvalue weighted by Gasteiger charge is -2.19. The van der Waals surface area contributed by atoms with Gasteiger partial charge >= 0.3 is 5.97 Å². The van der Waals surface area contributed by atoms with Crippen LogP contribution in [0.15, 0.2) is 0 Å². The Balaban J connectivity index is 2.05. The summed E-state index contributed by atoms with van der Waals surface area (Å²) in [7, 11) is 2.02. The summed E-state index contributed by atoms with van der Waals surface area (Å²) in [6.07, 6.45) is 8.19. The molecule has 0 radical (unpaired) electrons. The summed E-state index contributed by atoms with van der Waals surface area (Å²) >= 11 is 0. The fourth-order valence-electron chi connectivity index (χ4n) is 2.59. The monoisotopic (exact) mass is 227 g/mol. The number of carbonyl (C=O) groups is 1. The smallest absolute Gasteiger partial charge is 0.307 e. The molecular formula is C13H25NO2. The van der Waals surface area contributed by atoms with Crippen molar-refractivity contribution in [1.29, 1.82) is 0 Å². The second-order valence-electron chi connectivity index (χ2n) is 5.29. The van der Waals surface area contributed by atoms with Crippen LogP contribution in [-0.4, -0.2) is 36.1 Å². The first-order valence-electron chi connectivity index (χ1n) is 6.51. The molecule has 0 bridgehead atoms. The van der Waals surface area contributed by atoms with Crippen LogP contribution in [0.25, 0.3) is 0 Å². The van der Waals surface area contributed by atoms with Crippen molar-refractivity contribution in [2.45, 2.75) is 45.4 Å². The molecule has 1 fully saturated rings. The van der Waals surface area contributed by atoms with Crippen LogP contribution in [-0.2, 0) is 4.79 Å². The van der Waals surface area contributed by atoms with Crippen molar-refractivity contribution in [2.24, 2.45) is 11.8 Å². The number of carboxylic acid groups (broad SMARTS) is 1. The molecule has 0 saturated heterocycles. The van der Waals surface area contributed by atoms with Gasteiger partial charge in [0.05, 0.1) is 5.92 Å². The normalized spacial score (nSPS) is 19.2. The van der Waals surface area contributed by atoms with E-state index in [-0.39, 0.29) is 5.92 Å². The van der Waals surface area contributed by atoms with Crippen molar-refractivity contribution in [1.82, 2.24) is 4.90 Å². The predicted octanol–water partition coefficient (Wildman–Crippen LogP) is 2.61. The molecule has 1 saturated carbocycles. The molecule has 3 heteroatoms. The van der Waals surface area contributed by atoms with E-state index in [2.05, 4.69) is 4.90 Å². The molecule has 1 aliphatic rings. The summed E-state index contributed by atoms with van der Waals surface area (Å²) in [5, 5.41) is 8.80. The Morgan fingerprint density at radius 3 is 2.62 bits per heavy atom. The quantitative estimate of drug-likeness (QED) is 0.727. The van der Waals surface area contributed by atoms with Gasteiger partial charge in [0, 0.05) is 6.54 Å². The van der Waals surface area contributed by atoms with E-state index < -0.39 is 5.97 Å². The summed E-state index contributed by atoms with van der Waals surface area (Å²) in [6.45, 7) is 3.48. The second kappa shape index (κ2) is 6.89. The van der Waals surface area contributed by atoms with Gasteiger partial charge in [-0.05, 0) is 32.4 Å². The highest BCUT2D eigenvalue weighted by Crippen LogP contribution is 2.28. The number of nitrogens with zero attached hydrogens (tertiary/aromatic N) is 1. The molecule has 1 aliphatic carbocycles. The predicted molar refractivity (Wildman–Crippen MR) is 65.5 cm³/mol. The lowest BCUT2D eigenvalue weighted by Crippen LogP contribution is -2.29. The molecule has 1 N–H and O–H groups in total. The molecule has 1 atom stereocenters. The van der Waals surface area contributed by atoms with Crippen LogP contribution >= 0.6 is 0 Å². The lowest BCUT2D eigenvalue weighted by molar-refractivity contribution is -0.141. The molecule has 3 nitrogen and oxygen atoms in total. The Morgan fingerprint density at radius 2 is 2.06 bits per heavy atom. The number of rotatable bonds is 7. The van der Waals surface area contributed by atoms with Gasteiger partial charge in [-0.3, -0.25) is 4.79 Å². The highest BCUT2D eigenvalue weighted by molar-refractivity contribution is 5.69. The Bertz CT molecular complexity index is 212. The first-order chi connectivity index (χ1) is 7.59. The van der Waals surface area contributed by atoms with E-state index in [9.17, 15) is 4.79 Å². The van der Waals surface area contributed by atoms with E-state index in [1.54, 1.807) is 6.92 Å². The first-order valence-corrected chi connectivity index (χ1v) is 6.51. The molecule has 0 aromatic carbocycles. The van der Waals surface area contributed by atoms with E-state index in [0.717, 1.165) is 12.5 Å². The molecular weight excluding hydrogens is 202 g/mol. The maximum Gasteiger partial charge on any atom is 0.307 e. The van der Waals surface area contributed by atoms with Crippen LogP contribution in [0.1, 0.15) is 45.4 Å². The molecule has 16 heavy (non-hydrogen) atoms. The van der Waals surface area contributed by atoms with E-state index in [0.29, 0.717) is 6.54 Å². The molecule has 0 amide bonds. The van der Waals surface area contributed by atoms with Crippen LogP contribution in [0, 0.1) is 11.8 Å². The number of hydrogen-bond acceptors (Lipinski definition) is 2. The summed E-state index contributed by atoms with van der Waals surface area (Å²) in [4.78, 5) is 12.8. The van der Waals surface area contributed by atoms with Crippen LogP contribution in [0.4, 0.5) is 0 Å². The molecule has 0 aliphatic heterocycles. The van der Waals surface area contributed by atoms with Gasteiger partial charge in [-0.2, -0.15) is 0 Å². The molecule has 1 rings (SSSR count). The average molecular weight is 227 g/mol. The van der Waals surface area contributed by atoms with E-state index in [4.69, 9.17) is 5.11 Å². The van der Waals surface area contributed by atoms with Gasteiger partial charge in [-0.25, -0.2) is 0 Å². The van der Waals surface area contributed by atoms with Crippen molar-refractivity contribution < 1.29 is 9.90 Å². The van der Waals surface area contributed by atoms with E-state index >= 15 is 0 Å². The van der Waals surface area contributed by atoms with E-state index in [1.807, 2.05) is 7.05 Å². The van der Waals surface area contributed by atoms with Gasteiger partial charge in [-0.1, -0.05) is 32.6 Å². The molecule has 0 heterocycles. The van der Waals surface area contributed by atoms with Gasteiger partial charge < -0.3 is 10.0 Å². The van der Waals surface area contributed by atoms with Gasteiger partial charge in [0.25, 0.3) is 0 Å². The van der Waals surface area contributed by atoms with Gasteiger partial charge in [0.1, 0.15) is 0 Å². The van der Waals surface area contributed by atoms with Gasteiger partial charge in [-0.15, -0.1) is 0 Å². The third-order valence-corrected chi connectivity index (χ3v) is 3.63. The van der Waals surface area contributed by atoms with Crippen LogP contribution < -0.4 is 0 Å². The fraction of sp³-hybridized carbons (Fsp3) is 0.923. The Hall–Kier alpha value is -0.570. The van der Waals surface area contributed by atoms with Crippen molar-refractivity contribution in [3.05, 3.63) is 0 Å². The van der Waals surface area contributed by atoms with Crippen molar-refractivity contribution in [3.63, 3.8) is 0 Å². The minimum absolute atomic E-state index is 0.253. The lowest BCUT2D eigenvalue weighted by atomic mass is 10.0. The summed E-state index contributed by atoms with van der Waals surface area (Å²) in [5.74, 6) is 0.00409. The zero-order valence-electron chi connectivity index (χ0n) is 10.6. The Kier molecular flexibility index (Phi) is 5.81. The zero-order valence-corrected chi connectivity index (χ0v) is 10.6. The standard InChI is InChI=1S/C13H25NO2/c1-11(13(15)16)10-14(2)9-5-8-12-6-3-4-7-12/h11-12H,3-10H2,1-2H3,(H,15,16). The SMILES string of the molecule is CC(CN(C)CCCC1CCCC1)C(=O)O. The summed E-state index contributed by atoms with van der Waals surface area (Å²) < 4.78 is 0. The van der Waals surface area contributed by atoms with Crippen LogP contribution in [0.2, 0.25) is 0 Å². The number of hydrogen-bond donors (Lipinski definition) is 1. The van der Waals surface area contributed by atoms with Crippen molar-refractivity contribution in [3.8, 4) is 0 Å². The molecule has 0 spiro atoms. The Morgan fingerprint density at radius 1 is 1.44 bits per heavy atom. The van der Waals surface area contributed by atoms with Crippen LogP contribution in [0.5, 0.6) is 0 Å². The molecule has 0 aromatic heterocycles. The molecule has 1 unspecified atom stereocenters. The maximum atomic E-state index is 10.7. The van der Waals surface area contributed by atoms with Crippen molar-refractivity contribution >= 4 is 5.97 Å². The minimum Gasteiger partial charge on any atom is -0.481 e. The summed E-state index contributed by atoms with van der Waals surface area (Å²) in [6, 6.07) is 0.